The zero-order valence-electron chi connectivity index (χ0n) is 10.1. The van der Waals surface area contributed by atoms with E-state index in [1.165, 1.54) is 0 Å². The van der Waals surface area contributed by atoms with Gasteiger partial charge in [0.15, 0.2) is 0 Å². The Morgan fingerprint density at radius 1 is 0.842 bits per heavy atom. The topological polar surface area (TPSA) is 9.23 Å². The van der Waals surface area contributed by atoms with Crippen LogP contribution in [0.4, 0.5) is 13.2 Å². The van der Waals surface area contributed by atoms with Gasteiger partial charge >= 0.3 is 6.18 Å². The van der Waals surface area contributed by atoms with Crippen molar-refractivity contribution in [1.29, 1.82) is 0 Å². The Bertz CT molecular complexity index is 494. The summed E-state index contributed by atoms with van der Waals surface area (Å²) < 4.78 is 43.3. The first-order valence-corrected chi connectivity index (χ1v) is 5.88. The highest BCUT2D eigenvalue weighted by Gasteiger charge is 2.33. The first kappa shape index (κ1) is 13.5. The molecule has 0 aliphatic carbocycles. The summed E-state index contributed by atoms with van der Waals surface area (Å²) in [7, 11) is 0. The third-order valence-electron chi connectivity index (χ3n) is 2.61. The van der Waals surface area contributed by atoms with Crippen LogP contribution in [0.5, 0.6) is 5.75 Å². The summed E-state index contributed by atoms with van der Waals surface area (Å²) in [5, 5.41) is 0. The molecule has 0 amide bonds. The third kappa shape index (κ3) is 4.32. The quantitative estimate of drug-likeness (QED) is 0.775. The Balaban J connectivity index is 2.20. The molecule has 0 aliphatic rings. The SMILES string of the molecule is FC(F)(F)CC(Oc1ccccc1)c1ccccc1. The molecule has 0 aromatic heterocycles. The number of hydrogen-bond donors (Lipinski definition) is 0. The van der Waals surface area contributed by atoms with Gasteiger partial charge in [0.2, 0.25) is 0 Å². The van der Waals surface area contributed by atoms with Crippen molar-refractivity contribution in [3.8, 4) is 5.75 Å². The van der Waals surface area contributed by atoms with Gasteiger partial charge in [0.1, 0.15) is 11.9 Å². The molecule has 1 nitrogen and oxygen atoms in total. The number of benzene rings is 2. The second kappa shape index (κ2) is 5.78. The van der Waals surface area contributed by atoms with Crippen molar-refractivity contribution in [1.82, 2.24) is 0 Å². The van der Waals surface area contributed by atoms with E-state index in [0.29, 0.717) is 11.3 Å². The summed E-state index contributed by atoms with van der Waals surface area (Å²) in [6.45, 7) is 0. The van der Waals surface area contributed by atoms with Crippen molar-refractivity contribution in [3.63, 3.8) is 0 Å². The van der Waals surface area contributed by atoms with Crippen LogP contribution in [0.1, 0.15) is 18.1 Å². The lowest BCUT2D eigenvalue weighted by Crippen LogP contribution is -2.18. The van der Waals surface area contributed by atoms with Gasteiger partial charge in [0.25, 0.3) is 0 Å². The average Bonchev–Trinajstić information content (AvgIpc) is 2.39. The summed E-state index contributed by atoms with van der Waals surface area (Å²) in [4.78, 5) is 0. The van der Waals surface area contributed by atoms with Gasteiger partial charge in [-0.3, -0.25) is 0 Å². The van der Waals surface area contributed by atoms with Gasteiger partial charge in [-0.1, -0.05) is 48.5 Å². The molecule has 2 aromatic carbocycles. The molecule has 0 N–H and O–H groups in total. The number of para-hydroxylation sites is 1. The minimum absolute atomic E-state index is 0.431. The molecule has 0 radical (unpaired) electrons. The predicted molar refractivity (Wildman–Crippen MR) is 66.9 cm³/mol. The fourth-order valence-corrected chi connectivity index (χ4v) is 1.77. The van der Waals surface area contributed by atoms with Crippen molar-refractivity contribution in [2.75, 3.05) is 0 Å². The highest BCUT2D eigenvalue weighted by Crippen LogP contribution is 2.33. The molecule has 2 rings (SSSR count). The highest BCUT2D eigenvalue weighted by atomic mass is 19.4. The minimum Gasteiger partial charge on any atom is -0.485 e. The van der Waals surface area contributed by atoms with Gasteiger partial charge in [0, 0.05) is 0 Å². The minimum atomic E-state index is -4.27. The van der Waals surface area contributed by atoms with Crippen LogP contribution in [0.25, 0.3) is 0 Å². The monoisotopic (exact) mass is 266 g/mol. The van der Waals surface area contributed by atoms with Gasteiger partial charge < -0.3 is 4.74 Å². The van der Waals surface area contributed by atoms with E-state index < -0.39 is 18.7 Å². The van der Waals surface area contributed by atoms with Crippen molar-refractivity contribution in [2.45, 2.75) is 18.7 Å². The lowest BCUT2D eigenvalue weighted by atomic mass is 10.1. The Kier molecular flexibility index (Phi) is 4.10. The molecule has 0 saturated carbocycles. The molecule has 0 bridgehead atoms. The lowest BCUT2D eigenvalue weighted by Gasteiger charge is -2.21. The van der Waals surface area contributed by atoms with Crippen LogP contribution in [0.15, 0.2) is 60.7 Å². The Labute approximate surface area is 109 Å². The van der Waals surface area contributed by atoms with Gasteiger partial charge in [-0.2, -0.15) is 13.2 Å². The van der Waals surface area contributed by atoms with Crippen molar-refractivity contribution in [2.24, 2.45) is 0 Å². The Morgan fingerprint density at radius 3 is 1.89 bits per heavy atom. The van der Waals surface area contributed by atoms with E-state index in [1.54, 1.807) is 60.7 Å². The molecule has 0 spiro atoms. The molecule has 2 aromatic rings. The van der Waals surface area contributed by atoms with Gasteiger partial charge in [0.05, 0.1) is 6.42 Å². The van der Waals surface area contributed by atoms with Crippen LogP contribution in [-0.2, 0) is 0 Å². The maximum atomic E-state index is 12.6. The smallest absolute Gasteiger partial charge is 0.392 e. The van der Waals surface area contributed by atoms with Crippen LogP contribution in [-0.4, -0.2) is 6.18 Å². The predicted octanol–water partition coefficient (Wildman–Crippen LogP) is 4.76. The van der Waals surface area contributed by atoms with E-state index in [-0.39, 0.29) is 0 Å². The number of ether oxygens (including phenoxy) is 1. The van der Waals surface area contributed by atoms with Crippen molar-refractivity contribution in [3.05, 3.63) is 66.2 Å². The molecule has 4 heteroatoms. The number of alkyl halides is 3. The van der Waals surface area contributed by atoms with Gasteiger partial charge in [-0.15, -0.1) is 0 Å². The fraction of sp³-hybridized carbons (Fsp3) is 0.200. The highest BCUT2D eigenvalue weighted by molar-refractivity contribution is 5.24. The Hall–Kier alpha value is -1.97. The average molecular weight is 266 g/mol. The van der Waals surface area contributed by atoms with E-state index >= 15 is 0 Å². The molecule has 0 fully saturated rings. The summed E-state index contributed by atoms with van der Waals surface area (Å²) in [6.07, 6.45) is -6.30. The number of halogens is 3. The van der Waals surface area contributed by atoms with Crippen molar-refractivity contribution < 1.29 is 17.9 Å². The Morgan fingerprint density at radius 2 is 1.37 bits per heavy atom. The van der Waals surface area contributed by atoms with Crippen LogP contribution < -0.4 is 4.74 Å². The van der Waals surface area contributed by atoms with E-state index in [2.05, 4.69) is 0 Å². The molecule has 0 saturated heterocycles. The molecular weight excluding hydrogens is 253 g/mol. The summed E-state index contributed by atoms with van der Waals surface area (Å²) >= 11 is 0. The van der Waals surface area contributed by atoms with Crippen molar-refractivity contribution >= 4 is 0 Å². The maximum Gasteiger partial charge on any atom is 0.392 e. The maximum absolute atomic E-state index is 12.6. The largest absolute Gasteiger partial charge is 0.485 e. The molecule has 19 heavy (non-hydrogen) atoms. The van der Waals surface area contributed by atoms with E-state index in [4.69, 9.17) is 4.74 Å². The van der Waals surface area contributed by atoms with Crippen LogP contribution in [0.2, 0.25) is 0 Å². The zero-order valence-corrected chi connectivity index (χ0v) is 10.1. The third-order valence-corrected chi connectivity index (χ3v) is 2.61. The fourth-order valence-electron chi connectivity index (χ4n) is 1.77. The normalized spacial score (nSPS) is 13.0. The molecule has 0 aliphatic heterocycles. The lowest BCUT2D eigenvalue weighted by molar-refractivity contribution is -0.151. The standard InChI is InChI=1S/C15H13F3O/c16-15(17,18)11-14(12-7-3-1-4-8-12)19-13-9-5-2-6-10-13/h1-10,14H,11H2. The number of hydrogen-bond acceptors (Lipinski definition) is 1. The summed E-state index contributed by atoms with van der Waals surface area (Å²) in [5.41, 5.74) is 0.517. The van der Waals surface area contributed by atoms with Crippen LogP contribution in [0, 0.1) is 0 Å². The summed E-state index contributed by atoms with van der Waals surface area (Å²) in [5.74, 6) is 0.431. The second-order valence-corrected chi connectivity index (χ2v) is 4.15. The number of rotatable bonds is 4. The molecule has 100 valence electrons. The van der Waals surface area contributed by atoms with E-state index in [0.717, 1.165) is 0 Å². The molecule has 1 unspecified atom stereocenters. The van der Waals surface area contributed by atoms with E-state index in [1.807, 2.05) is 0 Å². The van der Waals surface area contributed by atoms with Crippen LogP contribution >= 0.6 is 0 Å². The first-order valence-electron chi connectivity index (χ1n) is 5.88. The van der Waals surface area contributed by atoms with Crippen LogP contribution in [0.3, 0.4) is 0 Å². The zero-order chi connectivity index (χ0) is 13.7. The van der Waals surface area contributed by atoms with E-state index in [9.17, 15) is 13.2 Å². The summed E-state index contributed by atoms with van der Waals surface area (Å²) in [6, 6.07) is 17.0. The molecular formula is C15H13F3O. The van der Waals surface area contributed by atoms with Gasteiger partial charge in [-0.05, 0) is 17.7 Å². The van der Waals surface area contributed by atoms with Gasteiger partial charge in [-0.25, -0.2) is 0 Å². The second-order valence-electron chi connectivity index (χ2n) is 4.15. The first-order chi connectivity index (χ1) is 9.04. The molecule has 1 atom stereocenters. The molecule has 0 heterocycles.